The molecular formula is C30H72O8P4. The Morgan fingerprint density at radius 2 is 0.667 bits per heavy atom. The van der Waals surface area contributed by atoms with Crippen molar-refractivity contribution in [2.45, 2.75) is 143 Å². The van der Waals surface area contributed by atoms with Crippen LogP contribution >= 0.6 is 32.8 Å². The molecule has 0 radical (unpaired) electrons. The molecule has 260 valence electrons. The van der Waals surface area contributed by atoms with Gasteiger partial charge in [0.15, 0.2) is 0 Å². The molecule has 0 aromatic rings. The van der Waals surface area contributed by atoms with Crippen molar-refractivity contribution in [3.63, 3.8) is 0 Å². The smallest absolute Gasteiger partial charge is 0.303 e. The molecule has 0 amide bonds. The van der Waals surface area contributed by atoms with Gasteiger partial charge in [-0.3, -0.25) is 18.1 Å². The Morgan fingerprint density at radius 3 is 0.833 bits per heavy atom. The average molecular weight is 685 g/mol. The average Bonchev–Trinajstić information content (AvgIpc) is 2.99. The summed E-state index contributed by atoms with van der Waals surface area (Å²) in [4.78, 5) is 16.5. The number of hydrogen-bond acceptors (Lipinski definition) is 6. The lowest BCUT2D eigenvalue weighted by molar-refractivity contribution is 0.203. The third kappa shape index (κ3) is 48.0. The van der Waals surface area contributed by atoms with Crippen LogP contribution in [0.15, 0.2) is 0 Å². The number of phosphoric acid groups is 2. The van der Waals surface area contributed by atoms with E-state index in [0.717, 1.165) is 28.4 Å². The highest BCUT2D eigenvalue weighted by atomic mass is 31.2. The molecule has 0 aromatic heterocycles. The summed E-state index contributed by atoms with van der Waals surface area (Å²) < 4.78 is 36.0. The first-order valence-electron chi connectivity index (χ1n) is 16.3. The van der Waals surface area contributed by atoms with Gasteiger partial charge >= 0.3 is 15.6 Å². The van der Waals surface area contributed by atoms with Crippen molar-refractivity contribution >= 4 is 32.8 Å². The van der Waals surface area contributed by atoms with Gasteiger partial charge in [-0.2, -0.15) is 0 Å². The van der Waals surface area contributed by atoms with E-state index >= 15 is 0 Å². The fourth-order valence-electron chi connectivity index (χ4n) is 3.83. The number of hydrogen-bond donors (Lipinski definition) is 2. The zero-order valence-electron chi connectivity index (χ0n) is 28.8. The SMILES string of the molecule is CCCCCCCCP(CCCCCCCC)CCCCCCCC.CCP.COP(=O)(O)OC.COP(=O)(O)OC. The second-order valence-corrected chi connectivity index (χ2v) is 17.1. The van der Waals surface area contributed by atoms with Gasteiger partial charge in [0.2, 0.25) is 0 Å². The maximum absolute atomic E-state index is 10.1. The molecule has 0 saturated carbocycles. The van der Waals surface area contributed by atoms with Crippen LogP contribution < -0.4 is 0 Å². The molecule has 1 atom stereocenters. The standard InChI is InChI=1S/C24H51P.2C2H7O4P.C2H7P/c1-4-7-10-13-16-19-22-25(23-20-17-14-11-8-5-2)24-21-18-15-12-9-6-3;2*1-5-7(3,4)6-2;1-2-3/h4-24H2,1-3H3;2*1-2H3,(H,3,4);2-3H2,1H3. The highest BCUT2D eigenvalue weighted by molar-refractivity contribution is 7.57. The molecule has 2 N–H and O–H groups in total. The summed E-state index contributed by atoms with van der Waals surface area (Å²) in [5.74, 6) is 0. The molecule has 0 aromatic carbocycles. The van der Waals surface area contributed by atoms with E-state index in [2.05, 4.69) is 55.0 Å². The quantitative estimate of drug-likeness (QED) is 0.0722. The molecule has 0 fully saturated rings. The fraction of sp³-hybridized carbons (Fsp3) is 1.00. The largest absolute Gasteiger partial charge is 0.471 e. The Labute approximate surface area is 265 Å². The summed E-state index contributed by atoms with van der Waals surface area (Å²) in [6.07, 6.45) is 32.4. The molecule has 0 saturated heterocycles. The minimum Gasteiger partial charge on any atom is -0.303 e. The van der Waals surface area contributed by atoms with E-state index in [9.17, 15) is 9.13 Å². The highest BCUT2D eigenvalue weighted by Crippen LogP contribution is 2.41. The molecule has 0 aliphatic rings. The van der Waals surface area contributed by atoms with Crippen molar-refractivity contribution in [3.05, 3.63) is 0 Å². The Morgan fingerprint density at radius 1 is 0.476 bits per heavy atom. The van der Waals surface area contributed by atoms with Crippen LogP contribution in [-0.2, 0) is 27.2 Å². The van der Waals surface area contributed by atoms with Crippen LogP contribution in [0.1, 0.15) is 143 Å². The zero-order chi connectivity index (χ0) is 33.0. The number of phosphoric ester groups is 2. The van der Waals surface area contributed by atoms with Crippen LogP contribution in [0, 0.1) is 0 Å². The van der Waals surface area contributed by atoms with Gasteiger partial charge in [0.1, 0.15) is 0 Å². The van der Waals surface area contributed by atoms with Crippen molar-refractivity contribution in [2.24, 2.45) is 0 Å². The normalized spacial score (nSPS) is 11.2. The van der Waals surface area contributed by atoms with Crippen molar-refractivity contribution in [3.8, 4) is 0 Å². The maximum Gasteiger partial charge on any atom is 0.471 e. The summed E-state index contributed by atoms with van der Waals surface area (Å²) >= 11 is 0. The van der Waals surface area contributed by atoms with Crippen molar-refractivity contribution in [1.82, 2.24) is 0 Å². The van der Waals surface area contributed by atoms with E-state index in [1.54, 1.807) is 18.5 Å². The Balaban J connectivity index is -0.000000343. The van der Waals surface area contributed by atoms with Gasteiger partial charge in [0.25, 0.3) is 0 Å². The maximum atomic E-state index is 10.1. The summed E-state index contributed by atoms with van der Waals surface area (Å²) in [6, 6.07) is 0. The van der Waals surface area contributed by atoms with Crippen LogP contribution in [0.3, 0.4) is 0 Å². The van der Waals surface area contributed by atoms with Gasteiger partial charge < -0.3 is 9.79 Å². The molecule has 0 aliphatic carbocycles. The van der Waals surface area contributed by atoms with Crippen LogP contribution in [0.25, 0.3) is 0 Å². The van der Waals surface area contributed by atoms with Crippen LogP contribution in [0.5, 0.6) is 0 Å². The highest BCUT2D eigenvalue weighted by Gasteiger charge is 2.14. The van der Waals surface area contributed by atoms with Gasteiger partial charge in [-0.25, -0.2) is 9.13 Å². The zero-order valence-corrected chi connectivity index (χ0v) is 32.7. The summed E-state index contributed by atoms with van der Waals surface area (Å²) in [5.41, 5.74) is 0. The molecule has 0 heterocycles. The lowest BCUT2D eigenvalue weighted by atomic mass is 10.1. The Hall–Kier alpha value is 1.08. The predicted octanol–water partition coefficient (Wildman–Crippen LogP) is 11.2. The number of rotatable bonds is 25. The molecule has 0 rings (SSSR count). The Bertz CT molecular complexity index is 507. The van der Waals surface area contributed by atoms with Gasteiger partial charge in [-0.1, -0.05) is 124 Å². The van der Waals surface area contributed by atoms with Gasteiger partial charge in [-0.15, -0.1) is 17.2 Å². The van der Waals surface area contributed by atoms with Gasteiger partial charge in [0.05, 0.1) is 0 Å². The fourth-order valence-corrected chi connectivity index (χ4v) is 6.81. The minimum atomic E-state index is -3.65. The summed E-state index contributed by atoms with van der Waals surface area (Å²) in [5, 5.41) is 0. The monoisotopic (exact) mass is 684 g/mol. The molecule has 0 spiro atoms. The Kier molecular flexibility index (Phi) is 47.7. The summed E-state index contributed by atoms with van der Waals surface area (Å²) in [6.45, 7) is 9.05. The lowest BCUT2D eigenvalue weighted by Gasteiger charge is -2.18. The third-order valence-electron chi connectivity index (χ3n) is 6.41. The van der Waals surface area contributed by atoms with Crippen LogP contribution in [0.4, 0.5) is 0 Å². The van der Waals surface area contributed by atoms with Crippen molar-refractivity contribution < 1.29 is 37.0 Å². The first-order valence-corrected chi connectivity index (χ1v) is 22.0. The second kappa shape index (κ2) is 40.1. The van der Waals surface area contributed by atoms with E-state index in [4.69, 9.17) is 9.79 Å². The van der Waals surface area contributed by atoms with E-state index in [0.29, 0.717) is 7.92 Å². The van der Waals surface area contributed by atoms with Crippen molar-refractivity contribution in [2.75, 3.05) is 53.1 Å². The molecule has 12 heteroatoms. The number of unbranched alkanes of at least 4 members (excludes halogenated alkanes) is 15. The minimum absolute atomic E-state index is 0.366. The molecule has 42 heavy (non-hydrogen) atoms. The second-order valence-electron chi connectivity index (χ2n) is 10.2. The molecule has 0 aliphatic heterocycles. The first-order chi connectivity index (χ1) is 20.0. The molecule has 0 bridgehead atoms. The lowest BCUT2D eigenvalue weighted by Crippen LogP contribution is -1.97. The third-order valence-corrected chi connectivity index (χ3v) is 11.1. The first kappa shape index (κ1) is 49.9. The van der Waals surface area contributed by atoms with Crippen LogP contribution in [0.2, 0.25) is 0 Å². The van der Waals surface area contributed by atoms with Gasteiger partial charge in [-0.05, 0) is 43.9 Å². The van der Waals surface area contributed by atoms with Gasteiger partial charge in [0, 0.05) is 28.4 Å². The van der Waals surface area contributed by atoms with E-state index in [1.165, 1.54) is 122 Å². The molecular weight excluding hydrogens is 612 g/mol. The predicted molar refractivity (Wildman–Crippen MR) is 190 cm³/mol. The molecule has 8 nitrogen and oxygen atoms in total. The van der Waals surface area contributed by atoms with E-state index in [1.807, 2.05) is 0 Å². The van der Waals surface area contributed by atoms with Crippen LogP contribution in [-0.4, -0.2) is 62.9 Å². The van der Waals surface area contributed by atoms with Crippen molar-refractivity contribution in [1.29, 1.82) is 0 Å². The summed E-state index contributed by atoms with van der Waals surface area (Å²) in [7, 11) is 0.0418. The molecule has 1 unspecified atom stereocenters. The topological polar surface area (TPSA) is 112 Å². The van der Waals surface area contributed by atoms with E-state index in [-0.39, 0.29) is 0 Å². The van der Waals surface area contributed by atoms with E-state index < -0.39 is 15.6 Å².